The highest BCUT2D eigenvalue weighted by Crippen LogP contribution is 2.23. The van der Waals surface area contributed by atoms with E-state index in [1.807, 2.05) is 42.5 Å². The number of hydrogen-bond donors (Lipinski definition) is 0. The molecule has 2 aromatic heterocycles. The lowest BCUT2D eigenvalue weighted by Gasteiger charge is -2.17. The molecular formula is C20H21ClN4O2. The van der Waals surface area contributed by atoms with Crippen LogP contribution in [0.4, 0.5) is 4.79 Å². The van der Waals surface area contributed by atoms with Gasteiger partial charge >= 0.3 is 6.09 Å². The van der Waals surface area contributed by atoms with Crippen LogP contribution in [0.15, 0.2) is 48.7 Å². The number of fused-ring (bicyclic) bond motifs is 1. The molecule has 0 bridgehead atoms. The van der Waals surface area contributed by atoms with Gasteiger partial charge in [0.25, 0.3) is 0 Å². The normalized spacial score (nSPS) is 16.8. The van der Waals surface area contributed by atoms with E-state index in [0.29, 0.717) is 31.5 Å². The van der Waals surface area contributed by atoms with Gasteiger partial charge in [0, 0.05) is 25.8 Å². The SMILES string of the molecule is O=C(OCc1ccccc1)N1CC[C@@H](Cn2c(CCl)nc3cccnc32)C1. The number of carbonyl (C=O) groups is 1. The zero-order valence-electron chi connectivity index (χ0n) is 14.9. The van der Waals surface area contributed by atoms with Crippen LogP contribution in [0.2, 0.25) is 0 Å². The number of rotatable bonds is 5. The molecule has 0 saturated carbocycles. The summed E-state index contributed by atoms with van der Waals surface area (Å²) in [6.45, 7) is 2.42. The Labute approximate surface area is 162 Å². The maximum Gasteiger partial charge on any atom is 0.410 e. The Balaban J connectivity index is 1.38. The Morgan fingerprint density at radius 1 is 1.22 bits per heavy atom. The number of benzene rings is 1. The van der Waals surface area contributed by atoms with Crippen molar-refractivity contribution in [3.05, 3.63) is 60.0 Å². The van der Waals surface area contributed by atoms with Gasteiger partial charge in [-0.25, -0.2) is 14.8 Å². The van der Waals surface area contributed by atoms with E-state index in [0.717, 1.165) is 35.5 Å². The number of halogens is 1. The smallest absolute Gasteiger partial charge is 0.410 e. The molecule has 0 unspecified atom stereocenters. The fraction of sp³-hybridized carbons (Fsp3) is 0.350. The van der Waals surface area contributed by atoms with Crippen molar-refractivity contribution < 1.29 is 9.53 Å². The van der Waals surface area contributed by atoms with Crippen LogP contribution in [0.1, 0.15) is 17.8 Å². The Morgan fingerprint density at radius 3 is 2.89 bits per heavy atom. The van der Waals surface area contributed by atoms with Crippen molar-refractivity contribution in [2.75, 3.05) is 13.1 Å². The third-order valence-electron chi connectivity index (χ3n) is 4.89. The molecule has 0 spiro atoms. The lowest BCUT2D eigenvalue weighted by molar-refractivity contribution is 0.103. The standard InChI is InChI=1S/C20H21ClN4O2/c21-11-18-23-17-7-4-9-22-19(17)25(18)13-16-8-10-24(12-16)20(26)27-14-15-5-2-1-3-6-15/h1-7,9,16H,8,10-14H2/t16-/m1/s1. The van der Waals surface area contributed by atoms with Crippen LogP contribution in [0.25, 0.3) is 11.2 Å². The Hall–Kier alpha value is -2.60. The first-order valence-electron chi connectivity index (χ1n) is 9.06. The maximum absolute atomic E-state index is 12.4. The van der Waals surface area contributed by atoms with E-state index in [4.69, 9.17) is 16.3 Å². The molecule has 0 radical (unpaired) electrons. The summed E-state index contributed by atoms with van der Waals surface area (Å²) in [4.78, 5) is 23.1. The molecule has 1 aliphatic heterocycles. The molecule has 3 aromatic rings. The first kappa shape index (κ1) is 17.8. The van der Waals surface area contributed by atoms with Gasteiger partial charge in [0.15, 0.2) is 5.65 Å². The number of pyridine rings is 1. The molecule has 0 N–H and O–H groups in total. The molecule has 1 saturated heterocycles. The highest BCUT2D eigenvalue weighted by molar-refractivity contribution is 6.16. The van der Waals surface area contributed by atoms with Crippen LogP contribution < -0.4 is 0 Å². The molecule has 4 rings (SSSR count). The average Bonchev–Trinajstić information content (AvgIpc) is 3.32. The molecule has 7 heteroatoms. The van der Waals surface area contributed by atoms with Crippen molar-refractivity contribution in [3.63, 3.8) is 0 Å². The minimum Gasteiger partial charge on any atom is -0.445 e. The summed E-state index contributed by atoms with van der Waals surface area (Å²) in [5.74, 6) is 1.48. The molecular weight excluding hydrogens is 364 g/mol. The van der Waals surface area contributed by atoms with Crippen molar-refractivity contribution in [2.45, 2.75) is 25.5 Å². The van der Waals surface area contributed by atoms with Gasteiger partial charge in [-0.1, -0.05) is 30.3 Å². The lowest BCUT2D eigenvalue weighted by atomic mass is 10.1. The van der Waals surface area contributed by atoms with Crippen molar-refractivity contribution in [2.24, 2.45) is 5.92 Å². The van der Waals surface area contributed by atoms with Crippen LogP contribution in [-0.2, 0) is 23.8 Å². The minimum atomic E-state index is -0.257. The Bertz CT molecular complexity index is 928. The van der Waals surface area contributed by atoms with Gasteiger partial charge in [-0.05, 0) is 30.0 Å². The predicted molar refractivity (Wildman–Crippen MR) is 103 cm³/mol. The summed E-state index contributed by atoms with van der Waals surface area (Å²) in [6.07, 6.45) is 2.43. The van der Waals surface area contributed by atoms with Crippen molar-refractivity contribution in [3.8, 4) is 0 Å². The van der Waals surface area contributed by atoms with E-state index in [-0.39, 0.29) is 6.09 Å². The van der Waals surface area contributed by atoms with Gasteiger partial charge in [0.05, 0.1) is 5.88 Å². The van der Waals surface area contributed by atoms with E-state index < -0.39 is 0 Å². The minimum absolute atomic E-state index is 0.257. The summed E-state index contributed by atoms with van der Waals surface area (Å²) in [7, 11) is 0. The first-order chi connectivity index (χ1) is 13.2. The fourth-order valence-corrected chi connectivity index (χ4v) is 3.72. The van der Waals surface area contributed by atoms with Crippen LogP contribution in [0.3, 0.4) is 0 Å². The predicted octanol–water partition coefficient (Wildman–Crippen LogP) is 3.83. The molecule has 6 nitrogen and oxygen atoms in total. The van der Waals surface area contributed by atoms with E-state index in [2.05, 4.69) is 14.5 Å². The van der Waals surface area contributed by atoms with Gasteiger partial charge in [-0.15, -0.1) is 11.6 Å². The second-order valence-corrected chi connectivity index (χ2v) is 7.03. The monoisotopic (exact) mass is 384 g/mol. The quantitative estimate of drug-likeness (QED) is 0.627. The molecule has 1 aromatic carbocycles. The van der Waals surface area contributed by atoms with Crippen LogP contribution in [0.5, 0.6) is 0 Å². The number of amides is 1. The van der Waals surface area contributed by atoms with E-state index >= 15 is 0 Å². The first-order valence-corrected chi connectivity index (χ1v) is 9.60. The number of imidazole rings is 1. The topological polar surface area (TPSA) is 60.2 Å². The molecule has 1 aliphatic rings. The summed E-state index contributed by atoms with van der Waals surface area (Å²) >= 11 is 6.07. The van der Waals surface area contributed by atoms with Crippen LogP contribution in [-0.4, -0.2) is 38.6 Å². The largest absolute Gasteiger partial charge is 0.445 e. The van der Waals surface area contributed by atoms with Gasteiger partial charge in [-0.2, -0.15) is 0 Å². The number of carbonyl (C=O) groups excluding carboxylic acids is 1. The molecule has 3 heterocycles. The number of alkyl halides is 1. The maximum atomic E-state index is 12.4. The summed E-state index contributed by atoms with van der Waals surface area (Å²) in [5.41, 5.74) is 2.69. The lowest BCUT2D eigenvalue weighted by Crippen LogP contribution is -2.29. The molecule has 0 aliphatic carbocycles. The third kappa shape index (κ3) is 3.90. The molecule has 27 heavy (non-hydrogen) atoms. The van der Waals surface area contributed by atoms with E-state index in [9.17, 15) is 4.79 Å². The van der Waals surface area contributed by atoms with Gasteiger partial charge in [0.1, 0.15) is 17.9 Å². The number of hydrogen-bond acceptors (Lipinski definition) is 4. The zero-order chi connectivity index (χ0) is 18.6. The Kier molecular flexibility index (Phi) is 5.25. The molecule has 140 valence electrons. The van der Waals surface area contributed by atoms with Crippen molar-refractivity contribution >= 4 is 28.9 Å². The van der Waals surface area contributed by atoms with Gasteiger partial charge in [-0.3, -0.25) is 0 Å². The number of ether oxygens (including phenoxy) is 1. The Morgan fingerprint density at radius 2 is 2.07 bits per heavy atom. The molecule has 1 atom stereocenters. The number of aromatic nitrogens is 3. The van der Waals surface area contributed by atoms with Gasteiger partial charge in [0.2, 0.25) is 0 Å². The average molecular weight is 385 g/mol. The fourth-order valence-electron chi connectivity index (χ4n) is 3.52. The third-order valence-corrected chi connectivity index (χ3v) is 5.13. The number of nitrogens with zero attached hydrogens (tertiary/aromatic N) is 4. The summed E-state index contributed by atoms with van der Waals surface area (Å²) in [5, 5.41) is 0. The van der Waals surface area contributed by atoms with Crippen LogP contribution in [0, 0.1) is 5.92 Å². The highest BCUT2D eigenvalue weighted by atomic mass is 35.5. The number of likely N-dealkylation sites (tertiary alicyclic amines) is 1. The van der Waals surface area contributed by atoms with Gasteiger partial charge < -0.3 is 14.2 Å². The highest BCUT2D eigenvalue weighted by Gasteiger charge is 2.28. The molecule has 1 fully saturated rings. The zero-order valence-corrected chi connectivity index (χ0v) is 15.7. The van der Waals surface area contributed by atoms with E-state index in [1.54, 1.807) is 11.1 Å². The van der Waals surface area contributed by atoms with Crippen molar-refractivity contribution in [1.82, 2.24) is 19.4 Å². The summed E-state index contributed by atoms with van der Waals surface area (Å²) in [6, 6.07) is 13.5. The second-order valence-electron chi connectivity index (χ2n) is 6.76. The van der Waals surface area contributed by atoms with Crippen molar-refractivity contribution in [1.29, 1.82) is 0 Å². The van der Waals surface area contributed by atoms with Crippen LogP contribution >= 0.6 is 11.6 Å². The molecule has 1 amide bonds. The second kappa shape index (κ2) is 7.96. The summed E-state index contributed by atoms with van der Waals surface area (Å²) < 4.78 is 7.52. The van der Waals surface area contributed by atoms with E-state index in [1.165, 1.54) is 0 Å².